The number of carbonyl (C=O) groups is 2. The Hall–Kier alpha value is -1.31. The van der Waals surface area contributed by atoms with Gasteiger partial charge >= 0.3 is 18.1 Å². The van der Waals surface area contributed by atoms with Crippen LogP contribution >= 0.6 is 0 Å². The average Bonchev–Trinajstić information content (AvgIpc) is 2.46. The zero-order chi connectivity index (χ0) is 12.4. The molecule has 8 heteroatoms. The lowest BCUT2D eigenvalue weighted by Gasteiger charge is -2.36. The first kappa shape index (κ1) is 12.8. The number of carboxylic acid groups (broad SMARTS) is 1. The smallest absolute Gasteiger partial charge is 0.475 e. The summed E-state index contributed by atoms with van der Waals surface area (Å²) in [6.45, 7) is 1.72. The first-order valence-corrected chi connectivity index (χ1v) is 4.48. The standard InChI is InChI=1S/C6H9NO2.C2HF3O2/c8-5-1-2-6(9-5)3-7-4-6;3-2(4,5)1(6)7/h7H,1-4H2;(H,6,7). The number of aliphatic carboxylic acids is 1. The molecule has 0 unspecified atom stereocenters. The molecule has 2 saturated heterocycles. The number of alkyl halides is 3. The molecule has 0 aromatic rings. The third-order valence-electron chi connectivity index (χ3n) is 2.25. The van der Waals surface area contributed by atoms with Gasteiger partial charge in [-0.2, -0.15) is 13.2 Å². The number of carbonyl (C=O) groups excluding carboxylic acids is 1. The van der Waals surface area contributed by atoms with Crippen LogP contribution in [-0.2, 0) is 14.3 Å². The summed E-state index contributed by atoms with van der Waals surface area (Å²) in [7, 11) is 0. The van der Waals surface area contributed by atoms with Crippen molar-refractivity contribution in [2.24, 2.45) is 0 Å². The van der Waals surface area contributed by atoms with Gasteiger partial charge in [0.2, 0.25) is 0 Å². The number of rotatable bonds is 0. The summed E-state index contributed by atoms with van der Waals surface area (Å²) >= 11 is 0. The van der Waals surface area contributed by atoms with Crippen molar-refractivity contribution in [1.82, 2.24) is 5.32 Å². The summed E-state index contributed by atoms with van der Waals surface area (Å²) in [5, 5.41) is 10.2. The number of esters is 1. The highest BCUT2D eigenvalue weighted by Gasteiger charge is 2.45. The molecule has 2 fully saturated rings. The lowest BCUT2D eigenvalue weighted by molar-refractivity contribution is -0.192. The van der Waals surface area contributed by atoms with Gasteiger partial charge < -0.3 is 15.2 Å². The molecule has 0 aromatic carbocycles. The largest absolute Gasteiger partial charge is 0.490 e. The second kappa shape index (κ2) is 4.28. The van der Waals surface area contributed by atoms with Gasteiger partial charge in [0, 0.05) is 25.9 Å². The van der Waals surface area contributed by atoms with E-state index in [4.69, 9.17) is 14.6 Å². The second-order valence-electron chi connectivity index (χ2n) is 3.56. The van der Waals surface area contributed by atoms with Gasteiger partial charge in [-0.15, -0.1) is 0 Å². The second-order valence-corrected chi connectivity index (χ2v) is 3.56. The molecule has 92 valence electrons. The summed E-state index contributed by atoms with van der Waals surface area (Å²) in [5.41, 5.74) is -0.0723. The normalized spacial score (nSPS) is 21.8. The van der Waals surface area contributed by atoms with E-state index in [1.54, 1.807) is 0 Å². The molecule has 0 bridgehead atoms. The SMILES string of the molecule is O=C(O)C(F)(F)F.O=C1CCC2(CNC2)O1. The van der Waals surface area contributed by atoms with Gasteiger partial charge in [0.15, 0.2) is 0 Å². The molecule has 5 nitrogen and oxygen atoms in total. The lowest BCUT2D eigenvalue weighted by atomic mass is 9.94. The summed E-state index contributed by atoms with van der Waals surface area (Å²) in [4.78, 5) is 19.5. The molecule has 2 N–H and O–H groups in total. The molecule has 16 heavy (non-hydrogen) atoms. The molecule has 0 aliphatic carbocycles. The fraction of sp³-hybridized carbons (Fsp3) is 0.750. The van der Waals surface area contributed by atoms with Gasteiger partial charge in [-0.05, 0) is 0 Å². The Kier molecular flexibility index (Phi) is 3.41. The molecule has 0 atom stereocenters. The van der Waals surface area contributed by atoms with Crippen LogP contribution < -0.4 is 5.32 Å². The first-order valence-electron chi connectivity index (χ1n) is 4.48. The highest BCUT2D eigenvalue weighted by atomic mass is 19.4. The highest BCUT2D eigenvalue weighted by molar-refractivity contribution is 5.73. The Morgan fingerprint density at radius 2 is 1.94 bits per heavy atom. The van der Waals surface area contributed by atoms with Crippen LogP contribution in [0.4, 0.5) is 13.2 Å². The van der Waals surface area contributed by atoms with Crippen LogP contribution in [0.15, 0.2) is 0 Å². The monoisotopic (exact) mass is 241 g/mol. The topological polar surface area (TPSA) is 75.6 Å². The van der Waals surface area contributed by atoms with Crippen LogP contribution in [-0.4, -0.2) is 41.9 Å². The van der Waals surface area contributed by atoms with E-state index in [2.05, 4.69) is 5.32 Å². The molecular weight excluding hydrogens is 231 g/mol. The molecule has 0 saturated carbocycles. The Labute approximate surface area is 88.6 Å². The summed E-state index contributed by atoms with van der Waals surface area (Å²) in [6.07, 6.45) is -3.56. The van der Waals surface area contributed by atoms with E-state index in [9.17, 15) is 18.0 Å². The molecule has 2 aliphatic rings. The van der Waals surface area contributed by atoms with Gasteiger partial charge in [0.05, 0.1) is 0 Å². The highest BCUT2D eigenvalue weighted by Crippen LogP contribution is 2.29. The van der Waals surface area contributed by atoms with E-state index >= 15 is 0 Å². The van der Waals surface area contributed by atoms with Crippen molar-refractivity contribution in [3.8, 4) is 0 Å². The fourth-order valence-electron chi connectivity index (χ4n) is 1.33. The number of hydrogen-bond donors (Lipinski definition) is 2. The number of ether oxygens (including phenoxy) is 1. The molecule has 2 heterocycles. The summed E-state index contributed by atoms with van der Waals surface area (Å²) in [6, 6.07) is 0. The quantitative estimate of drug-likeness (QED) is 0.596. The minimum absolute atomic E-state index is 0.0310. The molecule has 2 rings (SSSR count). The number of nitrogens with one attached hydrogen (secondary N) is 1. The fourth-order valence-corrected chi connectivity index (χ4v) is 1.33. The first-order chi connectivity index (χ1) is 7.25. The van der Waals surface area contributed by atoms with Crippen molar-refractivity contribution >= 4 is 11.9 Å². The third-order valence-corrected chi connectivity index (χ3v) is 2.25. The predicted octanol–water partition coefficient (Wildman–Crippen LogP) is 0.299. The van der Waals surface area contributed by atoms with Crippen LogP contribution in [0.2, 0.25) is 0 Å². The average molecular weight is 241 g/mol. The molecule has 0 aromatic heterocycles. The van der Waals surface area contributed by atoms with Crippen molar-refractivity contribution in [3.05, 3.63) is 0 Å². The maximum Gasteiger partial charge on any atom is 0.490 e. The number of halogens is 3. The van der Waals surface area contributed by atoms with E-state index in [1.807, 2.05) is 0 Å². The van der Waals surface area contributed by atoms with Gasteiger partial charge in [-0.1, -0.05) is 0 Å². The maximum atomic E-state index is 10.6. The van der Waals surface area contributed by atoms with E-state index in [0.717, 1.165) is 19.5 Å². The van der Waals surface area contributed by atoms with E-state index in [-0.39, 0.29) is 11.6 Å². The van der Waals surface area contributed by atoms with Crippen LogP contribution in [0.3, 0.4) is 0 Å². The Balaban J connectivity index is 0.000000168. The van der Waals surface area contributed by atoms with E-state index in [1.165, 1.54) is 0 Å². The number of hydrogen-bond acceptors (Lipinski definition) is 4. The Morgan fingerprint density at radius 3 is 2.06 bits per heavy atom. The van der Waals surface area contributed by atoms with E-state index in [0.29, 0.717) is 6.42 Å². The molecular formula is C8H10F3NO4. The van der Waals surface area contributed by atoms with Crippen LogP contribution in [0, 0.1) is 0 Å². The third kappa shape index (κ3) is 3.09. The van der Waals surface area contributed by atoms with Crippen molar-refractivity contribution in [3.63, 3.8) is 0 Å². The Bertz CT molecular complexity index is 298. The molecule has 1 spiro atoms. The van der Waals surface area contributed by atoms with Crippen molar-refractivity contribution < 1.29 is 32.6 Å². The molecule has 0 amide bonds. The molecule has 2 aliphatic heterocycles. The summed E-state index contributed by atoms with van der Waals surface area (Å²) < 4.78 is 36.8. The zero-order valence-electron chi connectivity index (χ0n) is 8.13. The van der Waals surface area contributed by atoms with Gasteiger partial charge in [-0.3, -0.25) is 4.79 Å². The van der Waals surface area contributed by atoms with E-state index < -0.39 is 12.1 Å². The molecule has 0 radical (unpaired) electrons. The van der Waals surface area contributed by atoms with Gasteiger partial charge in [0.25, 0.3) is 0 Å². The minimum atomic E-state index is -5.08. The number of carboxylic acids is 1. The summed E-state index contributed by atoms with van der Waals surface area (Å²) in [5.74, 6) is -2.79. The van der Waals surface area contributed by atoms with Crippen LogP contribution in [0.5, 0.6) is 0 Å². The van der Waals surface area contributed by atoms with Crippen LogP contribution in [0.1, 0.15) is 12.8 Å². The van der Waals surface area contributed by atoms with Crippen LogP contribution in [0.25, 0.3) is 0 Å². The van der Waals surface area contributed by atoms with Gasteiger partial charge in [-0.25, -0.2) is 4.79 Å². The zero-order valence-corrected chi connectivity index (χ0v) is 8.13. The maximum absolute atomic E-state index is 10.6. The van der Waals surface area contributed by atoms with Crippen molar-refractivity contribution in [2.75, 3.05) is 13.1 Å². The Morgan fingerprint density at radius 1 is 1.44 bits per heavy atom. The van der Waals surface area contributed by atoms with Gasteiger partial charge in [0.1, 0.15) is 5.60 Å². The van der Waals surface area contributed by atoms with Crippen molar-refractivity contribution in [2.45, 2.75) is 24.6 Å². The lowest BCUT2D eigenvalue weighted by Crippen LogP contribution is -2.59. The van der Waals surface area contributed by atoms with Crippen molar-refractivity contribution in [1.29, 1.82) is 0 Å². The predicted molar refractivity (Wildman–Crippen MR) is 44.6 cm³/mol. The minimum Gasteiger partial charge on any atom is -0.475 e.